The van der Waals surface area contributed by atoms with Crippen molar-refractivity contribution in [3.8, 4) is 0 Å². The second kappa shape index (κ2) is 5.36. The number of nitrogens with one attached hydrogen (secondary N) is 1. The first-order valence-electron chi connectivity index (χ1n) is 5.55. The molecule has 2 rings (SSSR count). The zero-order chi connectivity index (χ0) is 14.0. The zero-order valence-corrected chi connectivity index (χ0v) is 12.1. The summed E-state index contributed by atoms with van der Waals surface area (Å²) in [4.78, 5) is 4.78. The number of rotatable bonds is 4. The maximum atomic E-state index is 13.4. The van der Waals surface area contributed by atoms with E-state index >= 15 is 0 Å². The first-order valence-corrected chi connectivity index (χ1v) is 7.85. The fourth-order valence-corrected chi connectivity index (χ4v) is 3.32. The molecule has 2 aromatic rings. The molecule has 0 unspecified atom stereocenters. The lowest BCUT2D eigenvalue weighted by atomic mass is 10.2. The molecule has 7 heteroatoms. The Morgan fingerprint density at radius 3 is 2.68 bits per heavy atom. The predicted octanol–water partition coefficient (Wildman–Crippen LogP) is 2.38. The highest BCUT2D eigenvalue weighted by molar-refractivity contribution is 7.89. The van der Waals surface area contributed by atoms with Crippen molar-refractivity contribution in [2.24, 2.45) is 0 Å². The Balaban J connectivity index is 2.16. The van der Waals surface area contributed by atoms with Gasteiger partial charge >= 0.3 is 0 Å². The van der Waals surface area contributed by atoms with Gasteiger partial charge in [0.1, 0.15) is 5.82 Å². The highest BCUT2D eigenvalue weighted by Gasteiger charge is 2.15. The van der Waals surface area contributed by atoms with Crippen LogP contribution in [0.15, 0.2) is 29.3 Å². The molecule has 0 saturated carbocycles. The van der Waals surface area contributed by atoms with Crippen LogP contribution in [0.1, 0.15) is 15.4 Å². The Bertz CT molecular complexity index is 696. The van der Waals surface area contributed by atoms with Crippen LogP contribution in [0, 0.1) is 19.7 Å². The summed E-state index contributed by atoms with van der Waals surface area (Å²) in [5, 5.41) is 0.871. The van der Waals surface area contributed by atoms with E-state index in [2.05, 4.69) is 9.71 Å². The van der Waals surface area contributed by atoms with Gasteiger partial charge in [0.25, 0.3) is 0 Å². The molecule has 1 aromatic carbocycles. The number of thiazole rings is 1. The minimum atomic E-state index is -3.70. The molecule has 0 radical (unpaired) electrons. The molecular formula is C12H13FN2O2S2. The molecule has 102 valence electrons. The van der Waals surface area contributed by atoms with Gasteiger partial charge in [-0.25, -0.2) is 22.5 Å². The fourth-order valence-electron chi connectivity index (χ4n) is 1.48. The third kappa shape index (κ3) is 3.37. The third-order valence-corrected chi connectivity index (χ3v) is 4.87. The van der Waals surface area contributed by atoms with Crippen LogP contribution in [0.3, 0.4) is 0 Å². The van der Waals surface area contributed by atoms with Crippen molar-refractivity contribution in [1.29, 1.82) is 0 Å². The molecule has 1 N–H and O–H groups in total. The van der Waals surface area contributed by atoms with Gasteiger partial charge in [0.05, 0.1) is 9.90 Å². The molecule has 0 saturated heterocycles. The largest absolute Gasteiger partial charge is 0.250 e. The number of hydrogen-bond donors (Lipinski definition) is 1. The Hall–Kier alpha value is -1.31. The maximum absolute atomic E-state index is 13.4. The van der Waals surface area contributed by atoms with Crippen LogP contribution in [0.5, 0.6) is 0 Å². The van der Waals surface area contributed by atoms with Gasteiger partial charge in [-0.3, -0.25) is 0 Å². The number of aromatic nitrogens is 1. The minimum Gasteiger partial charge on any atom is -0.250 e. The van der Waals surface area contributed by atoms with Gasteiger partial charge in [-0.05, 0) is 31.5 Å². The van der Waals surface area contributed by atoms with Gasteiger partial charge in [0.2, 0.25) is 10.0 Å². The second-order valence-corrected chi connectivity index (χ2v) is 7.17. The summed E-state index contributed by atoms with van der Waals surface area (Å²) >= 11 is 1.42. The highest BCUT2D eigenvalue weighted by Crippen LogP contribution is 2.16. The van der Waals surface area contributed by atoms with Crippen LogP contribution in [0.25, 0.3) is 0 Å². The molecule has 0 amide bonds. The minimum absolute atomic E-state index is 0.0724. The van der Waals surface area contributed by atoms with Crippen LogP contribution >= 0.6 is 11.3 Å². The maximum Gasteiger partial charge on any atom is 0.241 e. The number of halogens is 1. The van der Waals surface area contributed by atoms with Crippen molar-refractivity contribution in [3.63, 3.8) is 0 Å². The summed E-state index contributed by atoms with van der Waals surface area (Å²) in [6.45, 7) is 3.58. The van der Waals surface area contributed by atoms with E-state index in [0.29, 0.717) is 5.56 Å². The predicted molar refractivity (Wildman–Crippen MR) is 72.0 cm³/mol. The van der Waals surface area contributed by atoms with Gasteiger partial charge in [0, 0.05) is 17.6 Å². The van der Waals surface area contributed by atoms with E-state index in [-0.39, 0.29) is 11.4 Å². The van der Waals surface area contributed by atoms with E-state index < -0.39 is 15.8 Å². The smallest absolute Gasteiger partial charge is 0.241 e. The summed E-state index contributed by atoms with van der Waals surface area (Å²) in [7, 11) is -3.70. The molecule has 19 heavy (non-hydrogen) atoms. The lowest BCUT2D eigenvalue weighted by molar-refractivity contribution is 0.577. The van der Waals surface area contributed by atoms with Gasteiger partial charge in [0.15, 0.2) is 0 Å². The first-order chi connectivity index (χ1) is 8.88. The average Bonchev–Trinajstić information content (AvgIpc) is 2.76. The van der Waals surface area contributed by atoms with Crippen molar-refractivity contribution < 1.29 is 12.8 Å². The molecule has 0 aliphatic heterocycles. The first kappa shape index (κ1) is 14.1. The van der Waals surface area contributed by atoms with Crippen molar-refractivity contribution in [3.05, 3.63) is 45.7 Å². The Kier molecular flexibility index (Phi) is 3.98. The lowest BCUT2D eigenvalue weighted by Crippen LogP contribution is -2.23. The molecule has 0 aliphatic rings. The number of hydrogen-bond acceptors (Lipinski definition) is 4. The SMILES string of the molecule is Cc1ncc(CNS(=O)(=O)c2ccc(C)c(F)c2)s1. The highest BCUT2D eigenvalue weighted by atomic mass is 32.2. The van der Waals surface area contributed by atoms with E-state index in [1.165, 1.54) is 23.5 Å². The van der Waals surface area contributed by atoms with Crippen LogP contribution < -0.4 is 4.72 Å². The van der Waals surface area contributed by atoms with Crippen molar-refractivity contribution in [1.82, 2.24) is 9.71 Å². The Labute approximate surface area is 115 Å². The average molecular weight is 300 g/mol. The van der Waals surface area contributed by atoms with Crippen LogP contribution in [0.2, 0.25) is 0 Å². The molecule has 0 aliphatic carbocycles. The summed E-state index contributed by atoms with van der Waals surface area (Å²) in [6, 6.07) is 3.86. The molecule has 4 nitrogen and oxygen atoms in total. The number of benzene rings is 1. The zero-order valence-electron chi connectivity index (χ0n) is 10.5. The van der Waals surface area contributed by atoms with Crippen LogP contribution in [-0.2, 0) is 16.6 Å². The number of nitrogens with zero attached hydrogens (tertiary/aromatic N) is 1. The molecule has 1 aromatic heterocycles. The van der Waals surface area contributed by atoms with Gasteiger partial charge in [-0.1, -0.05) is 6.07 Å². The van der Waals surface area contributed by atoms with Crippen LogP contribution in [-0.4, -0.2) is 13.4 Å². The van der Waals surface area contributed by atoms with Crippen LogP contribution in [0.4, 0.5) is 4.39 Å². The normalized spacial score (nSPS) is 11.7. The van der Waals surface area contributed by atoms with Crippen molar-refractivity contribution in [2.45, 2.75) is 25.3 Å². The van der Waals surface area contributed by atoms with Crippen molar-refractivity contribution >= 4 is 21.4 Å². The molecule has 1 heterocycles. The molecule has 0 atom stereocenters. The van der Waals surface area contributed by atoms with E-state index in [4.69, 9.17) is 0 Å². The summed E-state index contributed by atoms with van der Waals surface area (Å²) in [6.07, 6.45) is 1.62. The Morgan fingerprint density at radius 2 is 2.11 bits per heavy atom. The second-order valence-electron chi connectivity index (χ2n) is 4.08. The van der Waals surface area contributed by atoms with Gasteiger partial charge in [-0.2, -0.15) is 0 Å². The molecule has 0 fully saturated rings. The van der Waals surface area contributed by atoms with Gasteiger partial charge < -0.3 is 0 Å². The quantitative estimate of drug-likeness (QED) is 0.943. The lowest BCUT2D eigenvalue weighted by Gasteiger charge is -2.06. The van der Waals surface area contributed by atoms with Gasteiger partial charge in [-0.15, -0.1) is 11.3 Å². The van der Waals surface area contributed by atoms with E-state index in [9.17, 15) is 12.8 Å². The van der Waals surface area contributed by atoms with Crippen molar-refractivity contribution in [2.75, 3.05) is 0 Å². The van der Waals surface area contributed by atoms with E-state index in [0.717, 1.165) is 16.0 Å². The Morgan fingerprint density at radius 1 is 1.37 bits per heavy atom. The van der Waals surface area contributed by atoms with E-state index in [1.807, 2.05) is 6.92 Å². The molecule has 0 bridgehead atoms. The third-order valence-electron chi connectivity index (χ3n) is 2.56. The monoisotopic (exact) mass is 300 g/mol. The fraction of sp³-hybridized carbons (Fsp3) is 0.250. The summed E-state index contributed by atoms with van der Waals surface area (Å²) < 4.78 is 39.8. The topological polar surface area (TPSA) is 59.1 Å². The number of sulfonamides is 1. The summed E-state index contributed by atoms with van der Waals surface area (Å²) in [5.41, 5.74) is 0.414. The number of aryl methyl sites for hydroxylation is 2. The summed E-state index contributed by atoms with van der Waals surface area (Å²) in [5.74, 6) is -0.531. The molecule has 0 spiro atoms. The molecular weight excluding hydrogens is 287 g/mol. The standard InChI is InChI=1S/C12H13FN2O2S2/c1-8-3-4-11(5-12(8)13)19(16,17)15-7-10-6-14-9(2)18-10/h3-6,15H,7H2,1-2H3. The van der Waals surface area contributed by atoms with E-state index in [1.54, 1.807) is 13.1 Å².